The van der Waals surface area contributed by atoms with E-state index in [4.69, 9.17) is 0 Å². The molecule has 166 valence electrons. The van der Waals surface area contributed by atoms with Crippen molar-refractivity contribution < 1.29 is 9.59 Å². The Morgan fingerprint density at radius 1 is 1.03 bits per heavy atom. The Morgan fingerprint density at radius 3 is 2.40 bits per heavy atom. The van der Waals surface area contributed by atoms with Crippen molar-refractivity contribution in [1.82, 2.24) is 14.7 Å². The largest absolute Gasteiger partial charge is 0.340 e. The van der Waals surface area contributed by atoms with Crippen LogP contribution in [0, 0.1) is 5.92 Å². The molecule has 2 aliphatic carbocycles. The van der Waals surface area contributed by atoms with Crippen LogP contribution in [0.25, 0.3) is 0 Å². The highest BCUT2D eigenvalue weighted by molar-refractivity contribution is 7.14. The van der Waals surface area contributed by atoms with Gasteiger partial charge in [-0.15, -0.1) is 11.3 Å². The van der Waals surface area contributed by atoms with E-state index in [0.717, 1.165) is 69.4 Å². The first-order valence-corrected chi connectivity index (χ1v) is 12.9. The van der Waals surface area contributed by atoms with E-state index in [0.29, 0.717) is 5.91 Å². The maximum absolute atomic E-state index is 13.2. The highest BCUT2D eigenvalue weighted by atomic mass is 32.1. The lowest BCUT2D eigenvalue weighted by atomic mass is 9.87. The zero-order valence-corrected chi connectivity index (χ0v) is 19.5. The molecule has 3 aliphatic rings. The quantitative estimate of drug-likeness (QED) is 0.712. The van der Waals surface area contributed by atoms with Gasteiger partial charge in [0.2, 0.25) is 5.91 Å². The van der Waals surface area contributed by atoms with Crippen molar-refractivity contribution in [3.63, 3.8) is 0 Å². The molecule has 1 aromatic heterocycles. The minimum atomic E-state index is 0.0877. The molecule has 30 heavy (non-hydrogen) atoms. The Kier molecular flexibility index (Phi) is 7.14. The highest BCUT2D eigenvalue weighted by Crippen LogP contribution is 2.34. The summed E-state index contributed by atoms with van der Waals surface area (Å²) < 4.78 is 0. The molecule has 1 saturated carbocycles. The molecule has 2 fully saturated rings. The second-order valence-corrected chi connectivity index (χ2v) is 10.3. The van der Waals surface area contributed by atoms with Gasteiger partial charge in [0.1, 0.15) is 0 Å². The van der Waals surface area contributed by atoms with E-state index in [9.17, 15) is 9.59 Å². The van der Waals surface area contributed by atoms with E-state index >= 15 is 0 Å². The fourth-order valence-corrected chi connectivity index (χ4v) is 6.69. The Morgan fingerprint density at radius 2 is 1.73 bits per heavy atom. The molecule has 6 heteroatoms. The van der Waals surface area contributed by atoms with Crippen molar-refractivity contribution in [1.29, 1.82) is 0 Å². The molecule has 2 amide bonds. The van der Waals surface area contributed by atoms with Gasteiger partial charge in [0.05, 0.1) is 4.88 Å². The van der Waals surface area contributed by atoms with Gasteiger partial charge in [-0.1, -0.05) is 19.3 Å². The lowest BCUT2D eigenvalue weighted by molar-refractivity contribution is -0.138. The molecule has 0 aromatic carbocycles. The molecule has 0 spiro atoms. The monoisotopic (exact) mass is 431 g/mol. The number of hydrogen-bond donors (Lipinski definition) is 0. The summed E-state index contributed by atoms with van der Waals surface area (Å²) in [4.78, 5) is 34.7. The second-order valence-electron chi connectivity index (χ2n) is 9.13. The van der Waals surface area contributed by atoms with Crippen molar-refractivity contribution in [2.45, 2.75) is 71.3 Å². The van der Waals surface area contributed by atoms with Gasteiger partial charge in [0.15, 0.2) is 0 Å². The number of hydrogen-bond acceptors (Lipinski definition) is 4. The SMILES string of the molecule is CCN(CC)C(=O)c1cc2c(s1)CC[C@@H](C(=O)N1CCN(C3CCCCC3)CC1)C2. The van der Waals surface area contributed by atoms with Gasteiger partial charge >= 0.3 is 0 Å². The van der Waals surface area contributed by atoms with Crippen molar-refractivity contribution in [3.8, 4) is 0 Å². The van der Waals surface area contributed by atoms with Crippen molar-refractivity contribution in [2.24, 2.45) is 5.92 Å². The van der Waals surface area contributed by atoms with E-state index in [-0.39, 0.29) is 11.8 Å². The molecular formula is C24H37N3O2S. The van der Waals surface area contributed by atoms with Gasteiger partial charge in [-0.25, -0.2) is 0 Å². The van der Waals surface area contributed by atoms with Crippen LogP contribution in [0.4, 0.5) is 0 Å². The molecule has 1 atom stereocenters. The lowest BCUT2D eigenvalue weighted by Crippen LogP contribution is -2.53. The third-order valence-corrected chi connectivity index (χ3v) is 8.64. The van der Waals surface area contributed by atoms with Crippen LogP contribution in [-0.2, 0) is 17.6 Å². The normalized spacial score (nSPS) is 23.3. The van der Waals surface area contributed by atoms with Gasteiger partial charge in [-0.05, 0) is 57.6 Å². The lowest BCUT2D eigenvalue weighted by Gasteiger charge is -2.41. The molecule has 5 nitrogen and oxygen atoms in total. The summed E-state index contributed by atoms with van der Waals surface area (Å²) in [6.45, 7) is 9.37. The third-order valence-electron chi connectivity index (χ3n) is 7.41. The van der Waals surface area contributed by atoms with Gasteiger partial charge < -0.3 is 9.80 Å². The number of carbonyl (C=O) groups excluding carboxylic acids is 2. The van der Waals surface area contributed by atoms with Crippen molar-refractivity contribution >= 4 is 23.2 Å². The summed E-state index contributed by atoms with van der Waals surface area (Å²) in [6, 6.07) is 2.82. The molecule has 0 radical (unpaired) electrons. The zero-order chi connectivity index (χ0) is 21.1. The molecule has 0 unspecified atom stereocenters. The Hall–Kier alpha value is -1.40. The van der Waals surface area contributed by atoms with Crippen LogP contribution in [0.2, 0.25) is 0 Å². The minimum absolute atomic E-state index is 0.0877. The fraction of sp³-hybridized carbons (Fsp3) is 0.750. The predicted molar refractivity (Wildman–Crippen MR) is 122 cm³/mol. The van der Waals surface area contributed by atoms with Crippen LogP contribution >= 0.6 is 11.3 Å². The Balaban J connectivity index is 1.33. The first kappa shape index (κ1) is 21.8. The molecular weight excluding hydrogens is 394 g/mol. The average molecular weight is 432 g/mol. The molecule has 1 saturated heterocycles. The van der Waals surface area contributed by atoms with Gasteiger partial charge in [-0.2, -0.15) is 0 Å². The Bertz CT molecular complexity index is 744. The zero-order valence-electron chi connectivity index (χ0n) is 18.7. The number of carbonyl (C=O) groups is 2. The van der Waals surface area contributed by atoms with Crippen molar-refractivity contribution in [2.75, 3.05) is 39.3 Å². The van der Waals surface area contributed by atoms with E-state index < -0.39 is 0 Å². The number of aryl methyl sites for hydroxylation is 1. The molecule has 1 aliphatic heterocycles. The van der Waals surface area contributed by atoms with Crippen LogP contribution in [0.3, 0.4) is 0 Å². The van der Waals surface area contributed by atoms with Crippen LogP contribution in [-0.4, -0.2) is 71.8 Å². The third kappa shape index (κ3) is 4.59. The molecule has 2 heterocycles. The number of piperazine rings is 1. The summed E-state index contributed by atoms with van der Waals surface area (Å²) in [7, 11) is 0. The smallest absolute Gasteiger partial charge is 0.263 e. The molecule has 1 aromatic rings. The average Bonchev–Trinajstić information content (AvgIpc) is 3.23. The summed E-state index contributed by atoms with van der Waals surface area (Å²) >= 11 is 1.65. The maximum atomic E-state index is 13.2. The van der Waals surface area contributed by atoms with Crippen molar-refractivity contribution in [3.05, 3.63) is 21.4 Å². The number of nitrogens with zero attached hydrogens (tertiary/aromatic N) is 3. The van der Waals surface area contributed by atoms with Crippen LogP contribution in [0.15, 0.2) is 6.07 Å². The number of amides is 2. The van der Waals surface area contributed by atoms with E-state index in [1.165, 1.54) is 42.5 Å². The standard InChI is InChI=1S/C24H37N3O2S/c1-3-25(4-2)24(29)22-17-19-16-18(10-11-21(19)30-22)23(28)27-14-12-26(13-15-27)20-8-6-5-7-9-20/h17-18,20H,3-16H2,1-2H3/t18-/m1/s1. The minimum Gasteiger partial charge on any atom is -0.340 e. The topological polar surface area (TPSA) is 43.9 Å². The fourth-order valence-electron chi connectivity index (χ4n) is 5.52. The number of thiophene rings is 1. The molecule has 0 bridgehead atoms. The predicted octanol–water partition coefficient (Wildman–Crippen LogP) is 3.81. The summed E-state index contributed by atoms with van der Waals surface area (Å²) in [5, 5.41) is 0. The molecule has 4 rings (SSSR count). The number of rotatable bonds is 5. The van der Waals surface area contributed by atoms with Gasteiger partial charge in [0.25, 0.3) is 5.91 Å². The molecule has 0 N–H and O–H groups in total. The number of fused-ring (bicyclic) bond motifs is 1. The first-order valence-electron chi connectivity index (χ1n) is 12.0. The van der Waals surface area contributed by atoms with Crippen LogP contribution < -0.4 is 0 Å². The summed E-state index contributed by atoms with van der Waals surface area (Å²) in [5.74, 6) is 0.567. The first-order chi connectivity index (χ1) is 14.6. The van der Waals surface area contributed by atoms with E-state index in [2.05, 4.69) is 15.9 Å². The Labute approximate surface area is 185 Å². The second kappa shape index (κ2) is 9.82. The summed E-state index contributed by atoms with van der Waals surface area (Å²) in [5.41, 5.74) is 1.24. The van der Waals surface area contributed by atoms with Gasteiger partial charge in [0, 0.05) is 56.1 Å². The van der Waals surface area contributed by atoms with E-state index in [1.807, 2.05) is 18.7 Å². The van der Waals surface area contributed by atoms with Crippen LogP contribution in [0.5, 0.6) is 0 Å². The summed E-state index contributed by atoms with van der Waals surface area (Å²) in [6.07, 6.45) is 9.47. The van der Waals surface area contributed by atoms with E-state index in [1.54, 1.807) is 11.3 Å². The highest BCUT2D eigenvalue weighted by Gasteiger charge is 2.33. The van der Waals surface area contributed by atoms with Gasteiger partial charge in [-0.3, -0.25) is 14.5 Å². The van der Waals surface area contributed by atoms with Crippen LogP contribution in [0.1, 0.15) is 72.5 Å². The maximum Gasteiger partial charge on any atom is 0.263 e.